The van der Waals surface area contributed by atoms with Crippen molar-refractivity contribution in [2.45, 2.75) is 45.1 Å². The first-order valence-corrected chi connectivity index (χ1v) is 10.8. The van der Waals surface area contributed by atoms with Crippen LogP contribution in [0.2, 0.25) is 5.02 Å². The van der Waals surface area contributed by atoms with E-state index in [9.17, 15) is 14.7 Å². The number of halogens is 1. The molecule has 31 heavy (non-hydrogen) atoms. The molecule has 3 rings (SSSR count). The van der Waals surface area contributed by atoms with Gasteiger partial charge in [0.25, 0.3) is 0 Å². The van der Waals surface area contributed by atoms with Crippen molar-refractivity contribution in [1.82, 2.24) is 9.55 Å². The van der Waals surface area contributed by atoms with Gasteiger partial charge in [-0.05, 0) is 36.8 Å². The number of fused-ring (bicyclic) bond motifs is 1. The van der Waals surface area contributed by atoms with Gasteiger partial charge in [-0.2, -0.15) is 0 Å². The van der Waals surface area contributed by atoms with Crippen LogP contribution >= 0.6 is 11.6 Å². The maximum absolute atomic E-state index is 13.2. The molecule has 2 heterocycles. The molecule has 0 amide bonds. The summed E-state index contributed by atoms with van der Waals surface area (Å²) in [5.74, 6) is -1.31. The van der Waals surface area contributed by atoms with Gasteiger partial charge in [0.15, 0.2) is 5.78 Å². The van der Waals surface area contributed by atoms with E-state index in [2.05, 4.69) is 4.98 Å². The second kappa shape index (κ2) is 10.1. The molecule has 0 aliphatic carbocycles. The van der Waals surface area contributed by atoms with Crippen molar-refractivity contribution in [3.05, 3.63) is 64.4 Å². The Morgan fingerprint density at radius 3 is 2.58 bits per heavy atom. The minimum absolute atomic E-state index is 0.0614. The van der Waals surface area contributed by atoms with Crippen LogP contribution in [0.5, 0.6) is 0 Å². The van der Waals surface area contributed by atoms with Crippen molar-refractivity contribution in [2.75, 3.05) is 0 Å². The highest BCUT2D eigenvalue weighted by Crippen LogP contribution is 2.30. The van der Waals surface area contributed by atoms with Crippen LogP contribution in [0, 0.1) is 5.92 Å². The van der Waals surface area contributed by atoms with Crippen molar-refractivity contribution in [1.29, 1.82) is 0 Å². The Morgan fingerprint density at radius 2 is 1.90 bits per heavy atom. The maximum atomic E-state index is 13.2. The number of hydrogen-bond donors (Lipinski definition) is 2. The van der Waals surface area contributed by atoms with Gasteiger partial charge in [0, 0.05) is 42.7 Å². The number of carbonyl (C=O) groups excluding carboxylic acids is 1. The zero-order valence-corrected chi connectivity index (χ0v) is 18.5. The highest BCUT2D eigenvalue weighted by Gasteiger charge is 2.24. The summed E-state index contributed by atoms with van der Waals surface area (Å²) in [4.78, 5) is 28.6. The van der Waals surface area contributed by atoms with Crippen molar-refractivity contribution in [3.63, 3.8) is 0 Å². The molecule has 164 valence electrons. The third-order valence-electron chi connectivity index (χ3n) is 5.53. The van der Waals surface area contributed by atoms with E-state index in [0.29, 0.717) is 40.9 Å². The molecule has 1 unspecified atom stereocenters. The lowest BCUT2D eigenvalue weighted by Gasteiger charge is -2.13. The number of aryl methyl sites for hydroxylation is 1. The summed E-state index contributed by atoms with van der Waals surface area (Å²) in [6, 6.07) is 11.2. The average molecular weight is 443 g/mol. The number of rotatable bonds is 10. The number of aromatic nitrogens is 2. The zero-order chi connectivity index (χ0) is 22.5. The van der Waals surface area contributed by atoms with Crippen LogP contribution in [0.1, 0.15) is 60.3 Å². The van der Waals surface area contributed by atoms with Crippen LogP contribution in [0.15, 0.2) is 42.6 Å². The summed E-state index contributed by atoms with van der Waals surface area (Å²) in [5.41, 5.74) is 2.92. The topological polar surface area (TPSA) is 92.4 Å². The highest BCUT2D eigenvalue weighted by atomic mass is 35.5. The first-order chi connectivity index (χ1) is 14.8. The molecule has 6 nitrogen and oxygen atoms in total. The first-order valence-electron chi connectivity index (χ1n) is 10.4. The molecular weight excluding hydrogens is 416 g/mol. The van der Waals surface area contributed by atoms with E-state index in [-0.39, 0.29) is 24.5 Å². The molecule has 0 saturated carbocycles. The van der Waals surface area contributed by atoms with Gasteiger partial charge >= 0.3 is 5.97 Å². The number of pyridine rings is 1. The lowest BCUT2D eigenvalue weighted by molar-refractivity contribution is -0.137. The number of aliphatic hydroxyl groups is 1. The Balaban J connectivity index is 1.85. The van der Waals surface area contributed by atoms with Gasteiger partial charge in [-0.3, -0.25) is 9.59 Å². The van der Waals surface area contributed by atoms with Crippen LogP contribution in [0.3, 0.4) is 0 Å². The summed E-state index contributed by atoms with van der Waals surface area (Å²) in [6.07, 6.45) is 2.88. The predicted octanol–water partition coefficient (Wildman–Crippen LogP) is 4.97. The summed E-state index contributed by atoms with van der Waals surface area (Å²) in [7, 11) is 1.86. The normalized spacial score (nSPS) is 13.3. The molecule has 0 saturated heterocycles. The molecule has 2 atom stereocenters. The smallest absolute Gasteiger partial charge is 0.303 e. The number of aliphatic carboxylic acids is 1. The van der Waals surface area contributed by atoms with E-state index in [1.807, 2.05) is 41.9 Å². The average Bonchev–Trinajstić information content (AvgIpc) is 2.99. The molecule has 2 N–H and O–H groups in total. The number of carboxylic acid groups (broad SMARTS) is 1. The van der Waals surface area contributed by atoms with E-state index in [1.54, 1.807) is 19.2 Å². The van der Waals surface area contributed by atoms with Gasteiger partial charge in [-0.15, -0.1) is 0 Å². The van der Waals surface area contributed by atoms with E-state index < -0.39 is 12.1 Å². The Labute approximate surface area is 186 Å². The SMILES string of the molecule is C[C@@H](CC(=O)O)CC(=O)c1c(CCCC(O)c2ccccc2)n(C)c2ncc(Cl)cc12. The highest BCUT2D eigenvalue weighted by molar-refractivity contribution is 6.31. The van der Waals surface area contributed by atoms with Gasteiger partial charge < -0.3 is 14.8 Å². The molecule has 0 aliphatic heterocycles. The van der Waals surface area contributed by atoms with Gasteiger partial charge in [0.05, 0.1) is 11.1 Å². The molecule has 0 fully saturated rings. The van der Waals surface area contributed by atoms with Crippen molar-refractivity contribution >= 4 is 34.4 Å². The Kier molecular flexibility index (Phi) is 7.46. The van der Waals surface area contributed by atoms with E-state index in [0.717, 1.165) is 11.3 Å². The maximum Gasteiger partial charge on any atom is 0.303 e. The fourth-order valence-electron chi connectivity index (χ4n) is 4.03. The fraction of sp³-hybridized carbons (Fsp3) is 0.375. The molecule has 0 radical (unpaired) electrons. The number of nitrogens with zero attached hydrogens (tertiary/aromatic N) is 2. The largest absolute Gasteiger partial charge is 0.481 e. The van der Waals surface area contributed by atoms with Crippen LogP contribution in [-0.4, -0.2) is 31.5 Å². The predicted molar refractivity (Wildman–Crippen MR) is 120 cm³/mol. The monoisotopic (exact) mass is 442 g/mol. The van der Waals surface area contributed by atoms with Crippen molar-refractivity contribution in [2.24, 2.45) is 13.0 Å². The van der Waals surface area contributed by atoms with Crippen molar-refractivity contribution in [3.8, 4) is 0 Å². The summed E-state index contributed by atoms with van der Waals surface area (Å²) in [5, 5.41) is 20.6. The molecule has 0 spiro atoms. The number of carboxylic acids is 1. The number of ketones is 1. The molecule has 2 aromatic heterocycles. The summed E-state index contributed by atoms with van der Waals surface area (Å²) >= 11 is 6.15. The Morgan fingerprint density at radius 1 is 1.19 bits per heavy atom. The van der Waals surface area contributed by atoms with E-state index in [1.165, 1.54) is 0 Å². The fourth-order valence-corrected chi connectivity index (χ4v) is 4.19. The molecule has 0 aliphatic rings. The van der Waals surface area contributed by atoms with Crippen LogP contribution in [-0.2, 0) is 18.3 Å². The standard InChI is InChI=1S/C24H27ClN2O4/c1-15(12-22(30)31)11-21(29)23-18-13-17(25)14-26-24(18)27(2)19(23)9-6-10-20(28)16-7-4-3-5-8-16/h3-5,7-8,13-15,20,28H,6,9-12H2,1-2H3,(H,30,31)/t15-,20?/m1/s1. The minimum Gasteiger partial charge on any atom is -0.481 e. The van der Waals surface area contributed by atoms with Gasteiger partial charge in [-0.1, -0.05) is 48.9 Å². The molecule has 3 aromatic rings. The number of carbonyl (C=O) groups is 2. The van der Waals surface area contributed by atoms with Crippen LogP contribution in [0.25, 0.3) is 11.0 Å². The number of aliphatic hydroxyl groups excluding tert-OH is 1. The second-order valence-electron chi connectivity index (χ2n) is 8.05. The quantitative estimate of drug-likeness (QED) is 0.432. The zero-order valence-electron chi connectivity index (χ0n) is 17.7. The Bertz CT molecular complexity index is 1080. The van der Waals surface area contributed by atoms with Crippen molar-refractivity contribution < 1.29 is 19.8 Å². The lowest BCUT2D eigenvalue weighted by Crippen LogP contribution is -2.12. The van der Waals surface area contributed by atoms with E-state index >= 15 is 0 Å². The minimum atomic E-state index is -0.918. The molecular formula is C24H27ClN2O4. The molecule has 1 aromatic carbocycles. The van der Waals surface area contributed by atoms with Gasteiger partial charge in [-0.25, -0.2) is 4.98 Å². The number of hydrogen-bond acceptors (Lipinski definition) is 4. The number of Topliss-reactive ketones (excluding diaryl/α,β-unsaturated/α-hetero) is 1. The van der Waals surface area contributed by atoms with Gasteiger partial charge in [0.1, 0.15) is 5.65 Å². The van der Waals surface area contributed by atoms with Crippen LogP contribution < -0.4 is 0 Å². The first kappa shape index (κ1) is 23.0. The second-order valence-corrected chi connectivity index (χ2v) is 8.49. The lowest BCUT2D eigenvalue weighted by atomic mass is 9.94. The molecule has 0 bridgehead atoms. The van der Waals surface area contributed by atoms with Crippen LogP contribution in [0.4, 0.5) is 0 Å². The number of benzene rings is 1. The summed E-state index contributed by atoms with van der Waals surface area (Å²) in [6.45, 7) is 1.76. The third-order valence-corrected chi connectivity index (χ3v) is 5.73. The molecule has 7 heteroatoms. The third kappa shape index (κ3) is 5.51. The van der Waals surface area contributed by atoms with E-state index in [4.69, 9.17) is 16.7 Å². The van der Waals surface area contributed by atoms with Gasteiger partial charge in [0.2, 0.25) is 0 Å². The summed E-state index contributed by atoms with van der Waals surface area (Å²) < 4.78 is 1.90. The Hall–Kier alpha value is -2.70.